The molecule has 1 N–H and O–H groups in total. The van der Waals surface area contributed by atoms with Gasteiger partial charge in [0.1, 0.15) is 5.82 Å². The van der Waals surface area contributed by atoms with Crippen LogP contribution < -0.4 is 5.56 Å². The van der Waals surface area contributed by atoms with Crippen LogP contribution in [-0.2, 0) is 22.5 Å². The molecule has 2 aromatic carbocycles. The minimum Gasteiger partial charge on any atom is -0.469 e. The van der Waals surface area contributed by atoms with Crippen molar-refractivity contribution in [1.82, 2.24) is 9.78 Å². The summed E-state index contributed by atoms with van der Waals surface area (Å²) in [5, 5.41) is 13.7. The predicted octanol–water partition coefficient (Wildman–Crippen LogP) is 2.94. The summed E-state index contributed by atoms with van der Waals surface area (Å²) in [6, 6.07) is 11.2. The molecule has 9 nitrogen and oxygen atoms in total. The Hall–Kier alpha value is -4.08. The Morgan fingerprint density at radius 3 is 2.42 bits per heavy atom. The molecule has 0 radical (unpaired) electrons. The number of nitrogens with zero attached hydrogens (tertiary/aromatic N) is 3. The second kappa shape index (κ2) is 9.16. The van der Waals surface area contributed by atoms with Crippen LogP contribution in [0.15, 0.2) is 58.3 Å². The van der Waals surface area contributed by atoms with Gasteiger partial charge in [0.05, 0.1) is 41.9 Å². The van der Waals surface area contributed by atoms with Crippen molar-refractivity contribution in [2.75, 3.05) is 7.11 Å². The van der Waals surface area contributed by atoms with Crippen molar-refractivity contribution in [2.45, 2.75) is 19.9 Å². The van der Waals surface area contributed by atoms with Crippen molar-refractivity contribution >= 4 is 17.4 Å². The van der Waals surface area contributed by atoms with E-state index in [0.29, 0.717) is 17.1 Å². The number of benzene rings is 2. The zero-order valence-corrected chi connectivity index (χ0v) is 16.8. The maximum atomic E-state index is 13.1. The standard InChI is InChI=1S/C21H19FN4O5/c1-13(23-12-14-3-5-15(22)6-4-14)20-18(11-19(27)31-2)24-25(21(20)28)16-7-9-17(10-8-16)26(29)30/h3-10,24H,11-12H2,1-2H3. The van der Waals surface area contributed by atoms with E-state index in [2.05, 4.69) is 10.1 Å². The van der Waals surface area contributed by atoms with Gasteiger partial charge in [0, 0.05) is 17.8 Å². The summed E-state index contributed by atoms with van der Waals surface area (Å²) in [5.41, 5.74) is 1.41. The summed E-state index contributed by atoms with van der Waals surface area (Å²) in [6.45, 7) is 1.85. The molecule has 0 unspecified atom stereocenters. The third-order valence-corrected chi connectivity index (χ3v) is 4.61. The number of ether oxygens (including phenoxy) is 1. The van der Waals surface area contributed by atoms with Gasteiger partial charge in [-0.3, -0.25) is 29.8 Å². The molecule has 0 saturated carbocycles. The Bertz CT molecular complexity index is 1190. The minimum absolute atomic E-state index is 0.115. The quantitative estimate of drug-likeness (QED) is 0.270. The van der Waals surface area contributed by atoms with Gasteiger partial charge in [-0.05, 0) is 36.8 Å². The molecule has 160 valence electrons. The number of hydrogen-bond donors (Lipinski definition) is 1. The topological polar surface area (TPSA) is 120 Å². The highest BCUT2D eigenvalue weighted by atomic mass is 19.1. The van der Waals surface area contributed by atoms with Crippen LogP contribution >= 0.6 is 0 Å². The fourth-order valence-electron chi connectivity index (χ4n) is 2.98. The minimum atomic E-state index is -0.551. The molecule has 1 aromatic heterocycles. The van der Waals surface area contributed by atoms with Crippen LogP contribution in [0.4, 0.5) is 10.1 Å². The number of nitro groups is 1. The van der Waals surface area contributed by atoms with Gasteiger partial charge in [-0.15, -0.1) is 0 Å². The van der Waals surface area contributed by atoms with E-state index < -0.39 is 16.5 Å². The third kappa shape index (κ3) is 4.92. The van der Waals surface area contributed by atoms with Crippen LogP contribution in [0.2, 0.25) is 0 Å². The normalized spacial score (nSPS) is 11.4. The van der Waals surface area contributed by atoms with E-state index in [1.165, 1.54) is 48.2 Å². The van der Waals surface area contributed by atoms with Crippen molar-refractivity contribution in [3.05, 3.63) is 91.6 Å². The molecule has 0 bridgehead atoms. The lowest BCUT2D eigenvalue weighted by Gasteiger charge is -2.02. The van der Waals surface area contributed by atoms with Gasteiger partial charge in [0.25, 0.3) is 11.2 Å². The van der Waals surface area contributed by atoms with E-state index in [4.69, 9.17) is 4.74 Å². The average Bonchev–Trinajstić information content (AvgIpc) is 3.08. The van der Waals surface area contributed by atoms with Crippen LogP contribution in [0, 0.1) is 15.9 Å². The number of rotatable bonds is 7. The number of esters is 1. The lowest BCUT2D eigenvalue weighted by Crippen LogP contribution is -2.20. The lowest BCUT2D eigenvalue weighted by molar-refractivity contribution is -0.384. The molecule has 0 atom stereocenters. The van der Waals surface area contributed by atoms with Gasteiger partial charge in [0.2, 0.25) is 0 Å². The number of non-ortho nitro benzene ring substituents is 1. The summed E-state index contributed by atoms with van der Waals surface area (Å²) in [6.07, 6.45) is -0.190. The summed E-state index contributed by atoms with van der Waals surface area (Å²) in [5.74, 6) is -0.911. The number of halogens is 1. The molecule has 10 heteroatoms. The van der Waals surface area contributed by atoms with Crippen molar-refractivity contribution in [3.8, 4) is 5.69 Å². The first kappa shape index (κ1) is 21.6. The number of nitrogens with one attached hydrogen (secondary N) is 1. The zero-order chi connectivity index (χ0) is 22.5. The van der Waals surface area contributed by atoms with E-state index in [1.54, 1.807) is 19.1 Å². The average molecular weight is 426 g/mol. The van der Waals surface area contributed by atoms with E-state index in [9.17, 15) is 24.1 Å². The highest BCUT2D eigenvalue weighted by Gasteiger charge is 2.20. The van der Waals surface area contributed by atoms with Gasteiger partial charge in [-0.1, -0.05) is 12.1 Å². The number of H-pyrrole nitrogens is 1. The van der Waals surface area contributed by atoms with Crippen LogP contribution in [0.5, 0.6) is 0 Å². The largest absolute Gasteiger partial charge is 0.469 e. The highest BCUT2D eigenvalue weighted by Crippen LogP contribution is 2.16. The second-order valence-electron chi connectivity index (χ2n) is 6.66. The number of methoxy groups -OCH3 is 1. The van der Waals surface area contributed by atoms with Crippen LogP contribution in [-0.4, -0.2) is 33.5 Å². The third-order valence-electron chi connectivity index (χ3n) is 4.61. The van der Waals surface area contributed by atoms with Gasteiger partial charge in [-0.2, -0.15) is 0 Å². The Morgan fingerprint density at radius 1 is 1.19 bits per heavy atom. The Labute approximate surface area is 175 Å². The van der Waals surface area contributed by atoms with E-state index >= 15 is 0 Å². The second-order valence-corrected chi connectivity index (χ2v) is 6.66. The fourth-order valence-corrected chi connectivity index (χ4v) is 2.98. The summed E-state index contributed by atoms with van der Waals surface area (Å²) >= 11 is 0. The van der Waals surface area contributed by atoms with Crippen molar-refractivity contribution in [1.29, 1.82) is 0 Å². The van der Waals surface area contributed by atoms with Gasteiger partial charge in [-0.25, -0.2) is 9.07 Å². The molecule has 0 spiro atoms. The maximum absolute atomic E-state index is 13.1. The molecule has 3 aromatic rings. The summed E-state index contributed by atoms with van der Waals surface area (Å²) < 4.78 is 19.0. The van der Waals surface area contributed by atoms with Crippen LogP contribution in [0.1, 0.15) is 23.7 Å². The molecule has 3 rings (SSSR count). The molecule has 0 amide bonds. The monoisotopic (exact) mass is 426 g/mol. The van der Waals surface area contributed by atoms with Gasteiger partial charge in [0.15, 0.2) is 0 Å². The fraction of sp³-hybridized carbons (Fsp3) is 0.190. The molecule has 0 aliphatic carbocycles. The lowest BCUT2D eigenvalue weighted by atomic mass is 10.1. The number of carbonyl (C=O) groups is 1. The van der Waals surface area contributed by atoms with Crippen molar-refractivity contribution < 1.29 is 18.8 Å². The molecule has 0 fully saturated rings. The Morgan fingerprint density at radius 2 is 1.84 bits per heavy atom. The van der Waals surface area contributed by atoms with Crippen LogP contribution in [0.25, 0.3) is 5.69 Å². The molecular weight excluding hydrogens is 407 g/mol. The number of aromatic amines is 1. The number of aliphatic imine (C=N–C) groups is 1. The SMILES string of the molecule is COC(=O)Cc1[nH]n(-c2ccc([N+](=O)[O-])cc2)c(=O)c1C(C)=NCc1ccc(F)cc1. The van der Waals surface area contributed by atoms with Gasteiger partial charge < -0.3 is 4.74 Å². The van der Waals surface area contributed by atoms with E-state index in [0.717, 1.165) is 5.56 Å². The number of nitro benzene ring substituents is 1. The smallest absolute Gasteiger partial charge is 0.311 e. The first-order valence-electron chi connectivity index (χ1n) is 9.21. The molecule has 31 heavy (non-hydrogen) atoms. The number of carbonyl (C=O) groups excluding carboxylic acids is 1. The molecule has 0 aliphatic heterocycles. The molecular formula is C21H19FN4O5. The van der Waals surface area contributed by atoms with Crippen LogP contribution in [0.3, 0.4) is 0 Å². The van der Waals surface area contributed by atoms with E-state index in [-0.39, 0.29) is 30.0 Å². The van der Waals surface area contributed by atoms with Crippen molar-refractivity contribution in [3.63, 3.8) is 0 Å². The summed E-state index contributed by atoms with van der Waals surface area (Å²) in [4.78, 5) is 39.7. The molecule has 1 heterocycles. The molecule has 0 aliphatic rings. The van der Waals surface area contributed by atoms with Crippen molar-refractivity contribution in [2.24, 2.45) is 4.99 Å². The predicted molar refractivity (Wildman–Crippen MR) is 111 cm³/mol. The first-order valence-corrected chi connectivity index (χ1v) is 9.21. The van der Waals surface area contributed by atoms with Gasteiger partial charge >= 0.3 is 5.97 Å². The van der Waals surface area contributed by atoms with E-state index in [1.807, 2.05) is 0 Å². The maximum Gasteiger partial charge on any atom is 0.311 e. The Balaban J connectivity index is 2.01. The highest BCUT2D eigenvalue weighted by molar-refractivity contribution is 6.00. The Kier molecular flexibility index (Phi) is 6.39. The number of aromatic nitrogens is 2. The number of hydrogen-bond acceptors (Lipinski definition) is 6. The zero-order valence-electron chi connectivity index (χ0n) is 16.8. The molecule has 0 saturated heterocycles. The first-order chi connectivity index (χ1) is 14.8. The summed E-state index contributed by atoms with van der Waals surface area (Å²) in [7, 11) is 1.24.